The molecule has 2 heterocycles. The van der Waals surface area contributed by atoms with Gasteiger partial charge < -0.3 is 9.73 Å². The second-order valence-electron chi connectivity index (χ2n) is 7.52. The molecular weight excluding hydrogens is 421 g/mol. The van der Waals surface area contributed by atoms with Crippen molar-refractivity contribution in [3.05, 3.63) is 76.2 Å². The van der Waals surface area contributed by atoms with Gasteiger partial charge in [-0.1, -0.05) is 53.5 Å². The molecule has 4 rings (SSSR count). The van der Waals surface area contributed by atoms with Crippen LogP contribution in [0, 0.1) is 0 Å². The number of aryl methyl sites for hydroxylation is 1. The highest BCUT2D eigenvalue weighted by atomic mass is 35.5. The minimum absolute atomic E-state index is 0.0193. The Balaban J connectivity index is 1.24. The summed E-state index contributed by atoms with van der Waals surface area (Å²) in [5.41, 5.74) is 2.03. The van der Waals surface area contributed by atoms with Crippen LogP contribution < -0.4 is 5.32 Å². The van der Waals surface area contributed by atoms with E-state index in [1.165, 1.54) is 5.56 Å². The second kappa shape index (κ2) is 9.65. The Morgan fingerprint density at radius 3 is 2.83 bits per heavy atom. The van der Waals surface area contributed by atoms with Gasteiger partial charge in [0.2, 0.25) is 5.91 Å². The summed E-state index contributed by atoms with van der Waals surface area (Å²) in [6.45, 7) is 2.78. The van der Waals surface area contributed by atoms with E-state index in [-0.39, 0.29) is 11.9 Å². The third-order valence-corrected chi connectivity index (χ3v) is 5.75. The van der Waals surface area contributed by atoms with E-state index in [0.717, 1.165) is 31.6 Å². The zero-order chi connectivity index (χ0) is 20.9. The number of nitrogens with zero attached hydrogens (tertiary/aromatic N) is 2. The number of oxazole rings is 1. The Morgan fingerprint density at radius 2 is 2.03 bits per heavy atom. The average Bonchev–Trinajstić information content (AvgIpc) is 3.37. The predicted molar refractivity (Wildman–Crippen MR) is 119 cm³/mol. The molecule has 30 heavy (non-hydrogen) atoms. The Bertz CT molecular complexity index is 1010. The lowest BCUT2D eigenvalue weighted by Crippen LogP contribution is -2.37. The molecule has 1 aliphatic heterocycles. The van der Waals surface area contributed by atoms with Gasteiger partial charge in [0.1, 0.15) is 0 Å². The molecule has 7 heteroatoms. The van der Waals surface area contributed by atoms with Gasteiger partial charge in [-0.25, -0.2) is 4.98 Å². The largest absolute Gasteiger partial charge is 0.441 e. The standard InChI is InChI=1S/C23H23Cl2N3O2/c24-17-6-7-19(20(25)12-17)21-13-26-23(30-21)9-8-22(29)27-18-10-11-28(15-18)14-16-4-2-1-3-5-16/h1-7,12-13,18H,8-11,14-15H2,(H,27,29)/t18-/m1/s1. The molecule has 1 aromatic heterocycles. The van der Waals surface area contributed by atoms with Crippen LogP contribution in [0.15, 0.2) is 59.1 Å². The predicted octanol–water partition coefficient (Wildman–Crippen LogP) is 4.97. The fraction of sp³-hybridized carbons (Fsp3) is 0.304. The van der Waals surface area contributed by atoms with Gasteiger partial charge in [0.15, 0.2) is 11.7 Å². The van der Waals surface area contributed by atoms with E-state index in [4.69, 9.17) is 27.6 Å². The van der Waals surface area contributed by atoms with Gasteiger partial charge >= 0.3 is 0 Å². The van der Waals surface area contributed by atoms with Gasteiger partial charge in [-0.3, -0.25) is 9.69 Å². The maximum atomic E-state index is 12.4. The normalized spacial score (nSPS) is 16.7. The van der Waals surface area contributed by atoms with Gasteiger partial charge in [0.25, 0.3) is 0 Å². The molecule has 0 spiro atoms. The third kappa shape index (κ3) is 5.42. The quantitative estimate of drug-likeness (QED) is 0.559. The number of nitrogens with one attached hydrogen (secondary N) is 1. The van der Waals surface area contributed by atoms with E-state index >= 15 is 0 Å². The van der Waals surface area contributed by atoms with Crippen LogP contribution in [0.5, 0.6) is 0 Å². The van der Waals surface area contributed by atoms with E-state index in [2.05, 4.69) is 39.5 Å². The molecule has 2 aromatic carbocycles. The molecular formula is C23H23Cl2N3O2. The van der Waals surface area contributed by atoms with Crippen LogP contribution in [0.3, 0.4) is 0 Å². The number of amides is 1. The highest BCUT2D eigenvalue weighted by molar-refractivity contribution is 6.36. The zero-order valence-electron chi connectivity index (χ0n) is 16.5. The molecule has 1 saturated heterocycles. The summed E-state index contributed by atoms with van der Waals surface area (Å²) in [6, 6.07) is 15.8. The van der Waals surface area contributed by atoms with Crippen LogP contribution in [0.4, 0.5) is 0 Å². The molecule has 5 nitrogen and oxygen atoms in total. The maximum absolute atomic E-state index is 12.4. The fourth-order valence-corrected chi connectivity index (χ4v) is 4.20. The first-order valence-corrected chi connectivity index (χ1v) is 10.8. The van der Waals surface area contributed by atoms with Gasteiger partial charge in [-0.2, -0.15) is 0 Å². The number of carbonyl (C=O) groups is 1. The van der Waals surface area contributed by atoms with Crippen molar-refractivity contribution in [1.82, 2.24) is 15.2 Å². The number of halogens is 2. The van der Waals surface area contributed by atoms with E-state index in [0.29, 0.717) is 34.5 Å². The Labute approximate surface area is 186 Å². The molecule has 1 N–H and O–H groups in total. The number of hydrogen-bond donors (Lipinski definition) is 1. The van der Waals surface area contributed by atoms with E-state index in [9.17, 15) is 4.79 Å². The van der Waals surface area contributed by atoms with Gasteiger partial charge in [0, 0.05) is 49.1 Å². The van der Waals surface area contributed by atoms with Crippen LogP contribution in [-0.2, 0) is 17.8 Å². The van der Waals surface area contributed by atoms with Crippen molar-refractivity contribution in [3.8, 4) is 11.3 Å². The van der Waals surface area contributed by atoms with Crippen molar-refractivity contribution in [2.75, 3.05) is 13.1 Å². The molecule has 1 atom stereocenters. The molecule has 0 aliphatic carbocycles. The molecule has 3 aromatic rings. The molecule has 0 bridgehead atoms. The first kappa shape index (κ1) is 20.9. The van der Waals surface area contributed by atoms with Crippen LogP contribution in [-0.4, -0.2) is 34.9 Å². The Morgan fingerprint density at radius 1 is 1.20 bits per heavy atom. The van der Waals surface area contributed by atoms with Gasteiger partial charge in [-0.05, 0) is 30.2 Å². The topological polar surface area (TPSA) is 58.4 Å². The summed E-state index contributed by atoms with van der Waals surface area (Å²) in [6.07, 6.45) is 3.37. The van der Waals surface area contributed by atoms with Crippen LogP contribution in [0.2, 0.25) is 10.0 Å². The number of aromatic nitrogens is 1. The summed E-state index contributed by atoms with van der Waals surface area (Å²) in [7, 11) is 0. The number of rotatable bonds is 7. The van der Waals surface area contributed by atoms with Crippen molar-refractivity contribution in [3.63, 3.8) is 0 Å². The summed E-state index contributed by atoms with van der Waals surface area (Å²) in [4.78, 5) is 19.0. The summed E-state index contributed by atoms with van der Waals surface area (Å²) >= 11 is 12.2. The van der Waals surface area contributed by atoms with Crippen molar-refractivity contribution < 1.29 is 9.21 Å². The number of carbonyl (C=O) groups excluding carboxylic acids is 1. The summed E-state index contributed by atoms with van der Waals surface area (Å²) in [5.74, 6) is 1.11. The molecule has 1 amide bonds. The highest BCUT2D eigenvalue weighted by Gasteiger charge is 2.24. The van der Waals surface area contributed by atoms with Gasteiger partial charge in [0.05, 0.1) is 11.2 Å². The van der Waals surface area contributed by atoms with Crippen LogP contribution >= 0.6 is 23.2 Å². The van der Waals surface area contributed by atoms with Crippen LogP contribution in [0.1, 0.15) is 24.3 Å². The van der Waals surface area contributed by atoms with E-state index in [1.807, 2.05) is 6.07 Å². The summed E-state index contributed by atoms with van der Waals surface area (Å²) < 4.78 is 5.77. The Hall–Kier alpha value is -2.34. The van der Waals surface area contributed by atoms with Crippen molar-refractivity contribution >= 4 is 29.1 Å². The molecule has 0 unspecified atom stereocenters. The second-order valence-corrected chi connectivity index (χ2v) is 8.36. The average molecular weight is 444 g/mol. The SMILES string of the molecule is O=C(CCc1ncc(-c2ccc(Cl)cc2Cl)o1)N[C@@H]1CCN(Cc2ccccc2)C1. The highest BCUT2D eigenvalue weighted by Crippen LogP contribution is 2.30. The lowest BCUT2D eigenvalue weighted by molar-refractivity contribution is -0.121. The monoisotopic (exact) mass is 443 g/mol. The lowest BCUT2D eigenvalue weighted by Gasteiger charge is -2.16. The van der Waals surface area contributed by atoms with Crippen molar-refractivity contribution in [2.45, 2.75) is 31.8 Å². The number of hydrogen-bond acceptors (Lipinski definition) is 4. The lowest BCUT2D eigenvalue weighted by atomic mass is 10.2. The Kier molecular flexibility index (Phi) is 6.72. The first-order chi connectivity index (χ1) is 14.6. The summed E-state index contributed by atoms with van der Waals surface area (Å²) in [5, 5.41) is 4.20. The number of likely N-dealkylation sites (tertiary alicyclic amines) is 1. The minimum Gasteiger partial charge on any atom is -0.441 e. The maximum Gasteiger partial charge on any atom is 0.220 e. The molecule has 1 aliphatic rings. The third-order valence-electron chi connectivity index (χ3n) is 5.20. The van der Waals surface area contributed by atoms with Crippen LogP contribution in [0.25, 0.3) is 11.3 Å². The van der Waals surface area contributed by atoms with Crippen molar-refractivity contribution in [2.24, 2.45) is 0 Å². The smallest absolute Gasteiger partial charge is 0.220 e. The molecule has 1 fully saturated rings. The molecule has 0 saturated carbocycles. The fourth-order valence-electron chi connectivity index (χ4n) is 3.70. The van der Waals surface area contributed by atoms with E-state index in [1.54, 1.807) is 24.4 Å². The first-order valence-electron chi connectivity index (χ1n) is 10.0. The molecule has 156 valence electrons. The minimum atomic E-state index is 0.0193. The van der Waals surface area contributed by atoms with Gasteiger partial charge in [-0.15, -0.1) is 0 Å². The number of benzene rings is 2. The van der Waals surface area contributed by atoms with Crippen molar-refractivity contribution in [1.29, 1.82) is 0 Å². The molecule has 0 radical (unpaired) electrons. The van der Waals surface area contributed by atoms with E-state index < -0.39 is 0 Å². The zero-order valence-corrected chi connectivity index (χ0v) is 18.0.